The molecule has 0 aliphatic heterocycles. The zero-order valence-corrected chi connectivity index (χ0v) is 13.1. The van der Waals surface area contributed by atoms with E-state index in [1.54, 1.807) is 0 Å². The predicted molar refractivity (Wildman–Crippen MR) is 63.6 cm³/mol. The van der Waals surface area contributed by atoms with Crippen LogP contribution >= 0.6 is 7.60 Å². The first-order valence-electron chi connectivity index (χ1n) is 4.56. The first-order chi connectivity index (χ1) is 9.20. The van der Waals surface area contributed by atoms with Crippen molar-refractivity contribution in [2.45, 2.75) is 6.16 Å². The van der Waals surface area contributed by atoms with Crippen LogP contribution in [0.5, 0.6) is 0 Å². The predicted octanol–water partition coefficient (Wildman–Crippen LogP) is 2.56. The van der Waals surface area contributed by atoms with Gasteiger partial charge in [0.25, 0.3) is 0 Å². The SMILES string of the molecule is COP(=O)(Cc1ccccc1)OC.[C-]#[O+].[C-]#[O+].[C-]#[O+].[Cr]. The Balaban J connectivity index is -0.000000162. The molecule has 0 N–H and O–H groups in total. The molecule has 8 heteroatoms. The summed E-state index contributed by atoms with van der Waals surface area (Å²) in [5, 5.41) is 0. The molecule has 0 saturated heterocycles. The van der Waals surface area contributed by atoms with Crippen molar-refractivity contribution in [1.29, 1.82) is 0 Å². The van der Waals surface area contributed by atoms with Crippen molar-refractivity contribution in [2.75, 3.05) is 14.2 Å². The standard InChI is InChI=1S/C9H13O3P.3CO.Cr/c1-11-13(10,12-2)8-9-6-4-3-5-7-9;3*1-2;/h3-7H,8H2,1-2H3;;;;. The molecule has 0 bridgehead atoms. The molecule has 108 valence electrons. The van der Waals surface area contributed by atoms with Crippen LogP contribution in [-0.4, -0.2) is 14.2 Å². The molecule has 1 aromatic carbocycles. The molecule has 0 atom stereocenters. The first-order valence-corrected chi connectivity index (χ1v) is 6.28. The second-order valence-corrected chi connectivity index (χ2v) is 4.89. The zero-order chi connectivity index (χ0) is 15.7. The Morgan fingerprint density at radius 3 is 1.60 bits per heavy atom. The van der Waals surface area contributed by atoms with Crippen LogP contribution in [0.1, 0.15) is 5.56 Å². The Kier molecular flexibility index (Phi) is 28.1. The fourth-order valence-corrected chi connectivity index (χ4v) is 2.08. The van der Waals surface area contributed by atoms with Crippen molar-refractivity contribution in [3.05, 3.63) is 55.8 Å². The summed E-state index contributed by atoms with van der Waals surface area (Å²) < 4.78 is 43.8. The van der Waals surface area contributed by atoms with Crippen LogP contribution < -0.4 is 0 Å². The third-order valence-corrected chi connectivity index (χ3v) is 3.64. The molecule has 6 nitrogen and oxygen atoms in total. The summed E-state index contributed by atoms with van der Waals surface area (Å²) in [6, 6.07) is 9.49. The molecule has 1 rings (SSSR count). The summed E-state index contributed by atoms with van der Waals surface area (Å²) in [6.45, 7) is 13.5. The van der Waals surface area contributed by atoms with Crippen molar-refractivity contribution < 1.29 is 44.9 Å². The molecule has 0 amide bonds. The van der Waals surface area contributed by atoms with Crippen molar-refractivity contribution in [2.24, 2.45) is 0 Å². The number of hydrogen-bond donors (Lipinski definition) is 0. The summed E-state index contributed by atoms with van der Waals surface area (Å²) >= 11 is 0. The minimum Gasteiger partial charge on any atom is 0 e. The Hall–Kier alpha value is -0.878. The topological polar surface area (TPSA) is 95.2 Å². The van der Waals surface area contributed by atoms with E-state index in [1.165, 1.54) is 14.2 Å². The summed E-state index contributed by atoms with van der Waals surface area (Å²) in [7, 11) is -0.111. The average Bonchev–Trinajstić information content (AvgIpc) is 2.54. The van der Waals surface area contributed by atoms with Crippen LogP contribution in [0, 0.1) is 20.0 Å². The van der Waals surface area contributed by atoms with E-state index in [0.29, 0.717) is 6.16 Å². The van der Waals surface area contributed by atoms with Crippen LogP contribution in [0.2, 0.25) is 0 Å². The second kappa shape index (κ2) is 20.4. The Bertz CT molecular complexity index is 393. The summed E-state index contributed by atoms with van der Waals surface area (Å²) in [5.74, 6) is 0. The van der Waals surface area contributed by atoms with E-state index in [2.05, 4.69) is 20.0 Å². The van der Waals surface area contributed by atoms with Gasteiger partial charge in [-0.3, -0.25) is 4.57 Å². The third kappa shape index (κ3) is 13.6. The molecule has 0 spiro atoms. The largest absolute Gasteiger partial charge is 0 e. The smallest absolute Gasteiger partial charge is 0 e. The van der Waals surface area contributed by atoms with E-state index in [-0.39, 0.29) is 17.4 Å². The van der Waals surface area contributed by atoms with Crippen LogP contribution in [-0.2, 0) is 51.1 Å². The molecule has 1 aromatic rings. The molecule has 0 heterocycles. The van der Waals surface area contributed by atoms with Crippen LogP contribution in [0.15, 0.2) is 30.3 Å². The van der Waals surface area contributed by atoms with E-state index in [9.17, 15) is 4.57 Å². The zero-order valence-electron chi connectivity index (χ0n) is 10.9. The van der Waals surface area contributed by atoms with Gasteiger partial charge in [0.2, 0.25) is 0 Å². The third-order valence-electron chi connectivity index (χ3n) is 1.78. The minimum absolute atomic E-state index is 0. The molecule has 0 fully saturated rings. The van der Waals surface area contributed by atoms with E-state index >= 15 is 0 Å². The van der Waals surface area contributed by atoms with Gasteiger partial charge in [0.05, 0.1) is 6.16 Å². The van der Waals surface area contributed by atoms with Gasteiger partial charge in [-0.05, 0) is 5.56 Å². The van der Waals surface area contributed by atoms with Gasteiger partial charge in [0, 0.05) is 31.6 Å². The fourth-order valence-electron chi connectivity index (χ4n) is 1.01. The van der Waals surface area contributed by atoms with Crippen LogP contribution in [0.4, 0.5) is 0 Å². The van der Waals surface area contributed by atoms with E-state index in [4.69, 9.17) is 23.0 Å². The van der Waals surface area contributed by atoms with Crippen molar-refractivity contribution >= 4 is 7.60 Å². The van der Waals surface area contributed by atoms with Gasteiger partial charge in [-0.1, -0.05) is 30.3 Å². The minimum atomic E-state index is -2.90. The van der Waals surface area contributed by atoms with Gasteiger partial charge in [0.15, 0.2) is 0 Å². The summed E-state index contributed by atoms with van der Waals surface area (Å²) in [5.41, 5.74) is 0.953. The van der Waals surface area contributed by atoms with Gasteiger partial charge < -0.3 is 9.05 Å². The molecule has 0 aromatic heterocycles. The molecular formula is C12H13CrO6P. The quantitative estimate of drug-likeness (QED) is 0.480. The Labute approximate surface area is 129 Å². The van der Waals surface area contributed by atoms with Gasteiger partial charge in [0.1, 0.15) is 0 Å². The van der Waals surface area contributed by atoms with Crippen molar-refractivity contribution in [3.8, 4) is 0 Å². The van der Waals surface area contributed by atoms with E-state index in [1.807, 2.05) is 30.3 Å². The number of hydrogen-bond acceptors (Lipinski definition) is 3. The number of benzene rings is 1. The molecule has 0 radical (unpaired) electrons. The maximum atomic E-state index is 11.7. The average molecular weight is 336 g/mol. The first kappa shape index (κ1) is 27.5. The maximum absolute atomic E-state index is 11.7. The van der Waals surface area contributed by atoms with Gasteiger partial charge >= 0.3 is 41.5 Å². The second-order valence-electron chi connectivity index (χ2n) is 2.62. The monoisotopic (exact) mass is 336 g/mol. The molecule has 0 saturated carbocycles. The molecule has 0 unspecified atom stereocenters. The molecule has 0 aliphatic rings. The van der Waals surface area contributed by atoms with Gasteiger partial charge in [-0.25, -0.2) is 0 Å². The summed E-state index contributed by atoms with van der Waals surface area (Å²) in [4.78, 5) is 0. The fraction of sp³-hybridized carbons (Fsp3) is 0.250. The summed E-state index contributed by atoms with van der Waals surface area (Å²) in [6.07, 6.45) is 0.320. The number of rotatable bonds is 4. The van der Waals surface area contributed by atoms with E-state index < -0.39 is 7.60 Å². The van der Waals surface area contributed by atoms with Crippen LogP contribution in [0.3, 0.4) is 0 Å². The van der Waals surface area contributed by atoms with Gasteiger partial charge in [-0.2, -0.15) is 0 Å². The molecule has 0 aliphatic carbocycles. The Morgan fingerprint density at radius 2 is 1.30 bits per heavy atom. The maximum Gasteiger partial charge on any atom is 0 e. The molecular weight excluding hydrogens is 323 g/mol. The van der Waals surface area contributed by atoms with Crippen molar-refractivity contribution in [1.82, 2.24) is 0 Å². The van der Waals surface area contributed by atoms with Crippen LogP contribution in [0.25, 0.3) is 0 Å². The normalized spacial score (nSPS) is 7.80. The Morgan fingerprint density at radius 1 is 0.950 bits per heavy atom. The molecule has 20 heavy (non-hydrogen) atoms. The van der Waals surface area contributed by atoms with Gasteiger partial charge in [-0.15, -0.1) is 0 Å². The van der Waals surface area contributed by atoms with Crippen molar-refractivity contribution in [3.63, 3.8) is 0 Å². The van der Waals surface area contributed by atoms with E-state index in [0.717, 1.165) is 5.56 Å².